The summed E-state index contributed by atoms with van der Waals surface area (Å²) in [6.45, 7) is 1.79. The van der Waals surface area contributed by atoms with Crippen molar-refractivity contribution in [2.24, 2.45) is 5.73 Å². The van der Waals surface area contributed by atoms with Crippen LogP contribution in [0.2, 0.25) is 0 Å². The van der Waals surface area contributed by atoms with E-state index in [2.05, 4.69) is 12.1 Å². The van der Waals surface area contributed by atoms with Crippen molar-refractivity contribution in [3.8, 4) is 11.1 Å². The molecule has 5 heteroatoms. The normalized spacial score (nSPS) is 14.2. The number of carbonyl (C=O) groups is 1. The van der Waals surface area contributed by atoms with Crippen LogP contribution in [0.3, 0.4) is 0 Å². The van der Waals surface area contributed by atoms with Crippen LogP contribution in [0, 0.1) is 0 Å². The number of rotatable bonds is 4. The minimum Gasteiger partial charge on any atom is -0.464 e. The lowest BCUT2D eigenvalue weighted by Crippen LogP contribution is -2.31. The van der Waals surface area contributed by atoms with E-state index in [4.69, 9.17) is 10.5 Å². The van der Waals surface area contributed by atoms with E-state index in [9.17, 15) is 9.18 Å². The number of hydrogen-bond donors (Lipinski definition) is 1. The Kier molecular flexibility index (Phi) is 5.39. The van der Waals surface area contributed by atoms with E-state index in [0.717, 1.165) is 17.5 Å². The topological polar surface area (TPSA) is 52.3 Å². The second kappa shape index (κ2) is 7.11. The summed E-state index contributed by atoms with van der Waals surface area (Å²) in [6.07, 6.45) is -1.04. The monoisotopic (exact) mass is 335 g/mol. The molecule has 1 aliphatic rings. The Balaban J connectivity index is 0.00000192. The summed E-state index contributed by atoms with van der Waals surface area (Å²) >= 11 is 0. The summed E-state index contributed by atoms with van der Waals surface area (Å²) in [5.41, 5.74) is 11.2. The Morgan fingerprint density at radius 2 is 1.91 bits per heavy atom. The van der Waals surface area contributed by atoms with Gasteiger partial charge in [-0.15, -0.1) is 12.4 Å². The Hall–Kier alpha value is -1.91. The van der Waals surface area contributed by atoms with Gasteiger partial charge in [0.2, 0.25) is 6.17 Å². The van der Waals surface area contributed by atoms with E-state index in [1.54, 1.807) is 13.0 Å². The highest BCUT2D eigenvalue weighted by Crippen LogP contribution is 2.37. The third kappa shape index (κ3) is 3.23. The maximum atomic E-state index is 14.1. The van der Waals surface area contributed by atoms with Gasteiger partial charge in [-0.3, -0.25) is 0 Å². The predicted molar refractivity (Wildman–Crippen MR) is 90.4 cm³/mol. The molecule has 1 aliphatic carbocycles. The number of carbonyl (C=O) groups excluding carboxylic acids is 1. The van der Waals surface area contributed by atoms with Gasteiger partial charge in [0, 0.05) is 0 Å². The molecule has 0 fully saturated rings. The van der Waals surface area contributed by atoms with Crippen LogP contribution in [0.5, 0.6) is 0 Å². The highest BCUT2D eigenvalue weighted by molar-refractivity contribution is 5.85. The Morgan fingerprint density at radius 1 is 1.22 bits per heavy atom. The summed E-state index contributed by atoms with van der Waals surface area (Å²) < 4.78 is 18.8. The van der Waals surface area contributed by atoms with Crippen molar-refractivity contribution in [3.05, 3.63) is 59.2 Å². The van der Waals surface area contributed by atoms with Gasteiger partial charge in [-0.05, 0) is 41.2 Å². The van der Waals surface area contributed by atoms with Crippen LogP contribution in [0.15, 0.2) is 42.5 Å². The molecule has 0 bridgehead atoms. The molecule has 3 rings (SSSR count). The Bertz CT molecular complexity index is 720. The number of nitrogens with two attached hydrogens (primary N) is 1. The number of fused-ring (bicyclic) bond motifs is 3. The summed E-state index contributed by atoms with van der Waals surface area (Å²) in [7, 11) is 0. The van der Waals surface area contributed by atoms with Gasteiger partial charge in [0.15, 0.2) is 0 Å². The Morgan fingerprint density at radius 3 is 2.65 bits per heavy atom. The van der Waals surface area contributed by atoms with E-state index in [0.29, 0.717) is 5.56 Å². The van der Waals surface area contributed by atoms with E-state index < -0.39 is 18.2 Å². The highest BCUT2D eigenvalue weighted by Gasteiger charge is 2.29. The zero-order valence-electron chi connectivity index (χ0n) is 12.8. The molecule has 0 saturated heterocycles. The third-order valence-electron chi connectivity index (χ3n) is 4.03. The molecule has 2 atom stereocenters. The summed E-state index contributed by atoms with van der Waals surface area (Å²) in [4.78, 5) is 11.5. The van der Waals surface area contributed by atoms with Crippen LogP contribution < -0.4 is 5.73 Å². The van der Waals surface area contributed by atoms with Crippen LogP contribution in [0.25, 0.3) is 11.1 Å². The summed E-state index contributed by atoms with van der Waals surface area (Å²) in [6, 6.07) is 12.8. The number of benzene rings is 2. The van der Waals surface area contributed by atoms with Gasteiger partial charge in [-0.25, -0.2) is 9.18 Å². The molecule has 2 aromatic carbocycles. The van der Waals surface area contributed by atoms with Crippen molar-refractivity contribution in [3.63, 3.8) is 0 Å². The maximum Gasteiger partial charge on any atom is 0.342 e. The summed E-state index contributed by atoms with van der Waals surface area (Å²) in [5, 5.41) is 0. The fraction of sp³-hybridized carbons (Fsp3) is 0.278. The average molecular weight is 336 g/mol. The van der Waals surface area contributed by atoms with E-state index in [1.807, 2.05) is 24.3 Å². The lowest BCUT2D eigenvalue weighted by molar-refractivity contribution is -0.149. The fourth-order valence-electron chi connectivity index (χ4n) is 2.91. The van der Waals surface area contributed by atoms with Gasteiger partial charge in [-0.1, -0.05) is 42.5 Å². The molecule has 0 heterocycles. The molecule has 2 N–H and O–H groups in total. The van der Waals surface area contributed by atoms with Crippen molar-refractivity contribution in [1.82, 2.24) is 0 Å². The second-order valence-corrected chi connectivity index (χ2v) is 5.43. The molecule has 0 amide bonds. The molecule has 0 spiro atoms. The first-order valence-corrected chi connectivity index (χ1v) is 7.39. The van der Waals surface area contributed by atoms with Crippen LogP contribution in [-0.2, 0) is 16.0 Å². The smallest absolute Gasteiger partial charge is 0.342 e. The van der Waals surface area contributed by atoms with Crippen molar-refractivity contribution < 1.29 is 13.9 Å². The van der Waals surface area contributed by atoms with E-state index >= 15 is 0 Å². The molecule has 0 radical (unpaired) electrons. The van der Waals surface area contributed by atoms with Gasteiger partial charge in [-0.2, -0.15) is 0 Å². The first kappa shape index (κ1) is 17.4. The zero-order valence-corrected chi connectivity index (χ0v) is 13.6. The molecule has 3 nitrogen and oxygen atoms in total. The number of halogens is 2. The minimum absolute atomic E-state index is 0. The van der Waals surface area contributed by atoms with Crippen LogP contribution in [-0.4, -0.2) is 18.7 Å². The van der Waals surface area contributed by atoms with Gasteiger partial charge in [0.25, 0.3) is 0 Å². The molecule has 122 valence electrons. The Labute approximate surface area is 141 Å². The fourth-order valence-corrected chi connectivity index (χ4v) is 2.91. The van der Waals surface area contributed by atoms with Gasteiger partial charge < -0.3 is 10.5 Å². The largest absolute Gasteiger partial charge is 0.464 e. The van der Waals surface area contributed by atoms with Crippen molar-refractivity contribution >= 4 is 18.4 Å². The first-order chi connectivity index (χ1) is 10.6. The lowest BCUT2D eigenvalue weighted by atomic mass is 9.97. The molecule has 23 heavy (non-hydrogen) atoms. The highest BCUT2D eigenvalue weighted by atomic mass is 35.5. The number of esters is 1. The number of hydrogen-bond acceptors (Lipinski definition) is 3. The molecule has 2 aromatic rings. The molecule has 0 aliphatic heterocycles. The van der Waals surface area contributed by atoms with E-state index in [1.165, 1.54) is 11.1 Å². The standard InChI is InChI=1S/C18H18FNO2.ClH/c1-2-22-18(21)16(19)17(20)12-7-8-15-13(10-12)9-11-5-3-4-6-14(11)15;/h3-8,10,16-17H,2,9,20H2,1H3;1H/t16?,17-;/m1./s1. The predicted octanol–water partition coefficient (Wildman–Crippen LogP) is 3.58. The lowest BCUT2D eigenvalue weighted by Gasteiger charge is -2.17. The van der Waals surface area contributed by atoms with Gasteiger partial charge in [0.1, 0.15) is 0 Å². The molecular weight excluding hydrogens is 317 g/mol. The SMILES string of the molecule is CCOC(=O)C(F)[C@H](N)c1ccc2c(c1)Cc1ccccc1-2.Cl. The average Bonchev–Trinajstić information content (AvgIpc) is 2.91. The quantitative estimate of drug-likeness (QED) is 0.741. The molecule has 1 unspecified atom stereocenters. The maximum absolute atomic E-state index is 14.1. The van der Waals surface area contributed by atoms with Crippen molar-refractivity contribution in [2.45, 2.75) is 25.6 Å². The van der Waals surface area contributed by atoms with Crippen molar-refractivity contribution in [1.29, 1.82) is 0 Å². The van der Waals surface area contributed by atoms with E-state index in [-0.39, 0.29) is 19.0 Å². The second-order valence-electron chi connectivity index (χ2n) is 5.43. The van der Waals surface area contributed by atoms with Gasteiger partial charge in [0.05, 0.1) is 12.6 Å². The minimum atomic E-state index is -1.85. The zero-order chi connectivity index (χ0) is 15.7. The van der Waals surface area contributed by atoms with Crippen molar-refractivity contribution in [2.75, 3.05) is 6.61 Å². The molecule has 0 aromatic heterocycles. The number of alkyl halides is 1. The third-order valence-corrected chi connectivity index (χ3v) is 4.03. The summed E-state index contributed by atoms with van der Waals surface area (Å²) in [5.74, 6) is -0.904. The van der Waals surface area contributed by atoms with Crippen LogP contribution >= 0.6 is 12.4 Å². The molecular formula is C18H19ClFNO2. The van der Waals surface area contributed by atoms with Crippen LogP contribution in [0.1, 0.15) is 29.7 Å². The first-order valence-electron chi connectivity index (χ1n) is 7.39. The number of ether oxygens (including phenoxy) is 1. The van der Waals surface area contributed by atoms with Crippen LogP contribution in [0.4, 0.5) is 4.39 Å². The van der Waals surface area contributed by atoms with Gasteiger partial charge >= 0.3 is 5.97 Å². The molecule has 0 saturated carbocycles.